The Hall–Kier alpha value is -1.67. The van der Waals surface area contributed by atoms with E-state index in [1.54, 1.807) is 0 Å². The third-order valence-electron chi connectivity index (χ3n) is 2.84. The Bertz CT molecular complexity index is 501. The summed E-state index contributed by atoms with van der Waals surface area (Å²) in [6, 6.07) is 17.6. The number of hydrogen-bond acceptors (Lipinski definition) is 2. The van der Waals surface area contributed by atoms with Gasteiger partial charge in [0, 0.05) is 12.7 Å². The van der Waals surface area contributed by atoms with Crippen LogP contribution in [0.5, 0.6) is 5.75 Å². The normalized spacial score (nSPS) is 11.9. The molecule has 2 nitrogen and oxygen atoms in total. The number of nitrogens with zero attached hydrogens (tertiary/aromatic N) is 1. The van der Waals surface area contributed by atoms with Crippen LogP contribution >= 0.6 is 11.6 Å². The average Bonchev–Trinajstić information content (AvgIpc) is 2.41. The van der Waals surface area contributed by atoms with E-state index < -0.39 is 0 Å². The van der Waals surface area contributed by atoms with E-state index in [2.05, 4.69) is 4.90 Å². The number of para-hydroxylation sites is 2. The van der Waals surface area contributed by atoms with Gasteiger partial charge in [0.25, 0.3) is 0 Å². The van der Waals surface area contributed by atoms with Gasteiger partial charge >= 0.3 is 0 Å². The quantitative estimate of drug-likeness (QED) is 0.765. The van der Waals surface area contributed by atoms with Crippen molar-refractivity contribution in [3.05, 3.63) is 59.6 Å². The fourth-order valence-corrected chi connectivity index (χ4v) is 1.86. The molecule has 0 amide bonds. The van der Waals surface area contributed by atoms with Crippen molar-refractivity contribution in [1.82, 2.24) is 0 Å². The Morgan fingerprint density at radius 3 is 2.28 bits per heavy atom. The Morgan fingerprint density at radius 2 is 1.61 bits per heavy atom. The van der Waals surface area contributed by atoms with Gasteiger partial charge in [-0.3, -0.25) is 0 Å². The first-order chi connectivity index (χ1) is 8.68. The molecule has 0 saturated carbocycles. The molecule has 0 heterocycles. The van der Waals surface area contributed by atoms with E-state index in [9.17, 15) is 0 Å². The Labute approximate surface area is 113 Å². The van der Waals surface area contributed by atoms with Crippen LogP contribution < -0.4 is 9.64 Å². The maximum Gasteiger partial charge on any atom is 0.169 e. The number of hydrogen-bond donors (Lipinski definition) is 0. The van der Waals surface area contributed by atoms with E-state index in [0.717, 1.165) is 5.69 Å². The molecule has 2 aromatic carbocycles. The van der Waals surface area contributed by atoms with Gasteiger partial charge in [-0.25, -0.2) is 0 Å². The number of benzene rings is 2. The molecule has 94 valence electrons. The molecule has 0 radical (unpaired) electrons. The highest BCUT2D eigenvalue weighted by molar-refractivity contribution is 6.32. The number of rotatable bonds is 4. The molecule has 1 atom stereocenters. The van der Waals surface area contributed by atoms with Gasteiger partial charge in [0.2, 0.25) is 0 Å². The van der Waals surface area contributed by atoms with Crippen LogP contribution in [-0.2, 0) is 0 Å². The lowest BCUT2D eigenvalue weighted by molar-refractivity contribution is 0.222. The van der Waals surface area contributed by atoms with Crippen LogP contribution in [0.25, 0.3) is 0 Å². The maximum absolute atomic E-state index is 6.08. The SMILES string of the molecule is CC(Oc1ccccc1Cl)N(C)c1ccccc1. The molecule has 1 unspecified atom stereocenters. The van der Waals surface area contributed by atoms with Crippen LogP contribution in [0.1, 0.15) is 6.92 Å². The molecule has 0 aliphatic rings. The number of anilines is 1. The van der Waals surface area contributed by atoms with E-state index in [1.807, 2.05) is 68.6 Å². The zero-order valence-corrected chi connectivity index (χ0v) is 11.3. The van der Waals surface area contributed by atoms with Crippen LogP contribution in [0.3, 0.4) is 0 Å². The fourth-order valence-electron chi connectivity index (χ4n) is 1.68. The van der Waals surface area contributed by atoms with E-state index in [-0.39, 0.29) is 6.23 Å². The zero-order valence-electron chi connectivity index (χ0n) is 10.5. The molecular formula is C15H16ClNO. The van der Waals surface area contributed by atoms with Crippen molar-refractivity contribution in [1.29, 1.82) is 0 Å². The minimum absolute atomic E-state index is 0.0905. The van der Waals surface area contributed by atoms with E-state index >= 15 is 0 Å². The second-order valence-corrected chi connectivity index (χ2v) is 4.50. The first-order valence-corrected chi connectivity index (χ1v) is 6.25. The third kappa shape index (κ3) is 2.96. The smallest absolute Gasteiger partial charge is 0.169 e. The van der Waals surface area contributed by atoms with Gasteiger partial charge in [-0.1, -0.05) is 41.9 Å². The summed E-state index contributed by atoms with van der Waals surface area (Å²) in [5.41, 5.74) is 1.11. The summed E-state index contributed by atoms with van der Waals surface area (Å²) in [5, 5.41) is 0.630. The van der Waals surface area contributed by atoms with Crippen LogP contribution in [0, 0.1) is 0 Å². The van der Waals surface area contributed by atoms with Crippen LogP contribution in [0.2, 0.25) is 5.02 Å². The summed E-state index contributed by atoms with van der Waals surface area (Å²) in [6.07, 6.45) is -0.0905. The molecule has 18 heavy (non-hydrogen) atoms. The second kappa shape index (κ2) is 5.78. The summed E-state index contributed by atoms with van der Waals surface area (Å²) >= 11 is 6.08. The lowest BCUT2D eigenvalue weighted by Crippen LogP contribution is -2.33. The van der Waals surface area contributed by atoms with Crippen molar-refractivity contribution in [3.63, 3.8) is 0 Å². The van der Waals surface area contributed by atoms with Gasteiger partial charge in [0.05, 0.1) is 5.02 Å². The summed E-state index contributed by atoms with van der Waals surface area (Å²) in [5.74, 6) is 0.703. The van der Waals surface area contributed by atoms with Crippen LogP contribution in [0.15, 0.2) is 54.6 Å². The highest BCUT2D eigenvalue weighted by Crippen LogP contribution is 2.25. The molecule has 2 aromatic rings. The van der Waals surface area contributed by atoms with Crippen molar-refractivity contribution < 1.29 is 4.74 Å². The molecule has 0 aliphatic heterocycles. The molecule has 3 heteroatoms. The monoisotopic (exact) mass is 261 g/mol. The number of ether oxygens (including phenoxy) is 1. The largest absolute Gasteiger partial charge is 0.469 e. The van der Waals surface area contributed by atoms with Gasteiger partial charge in [-0.2, -0.15) is 0 Å². The minimum atomic E-state index is -0.0905. The van der Waals surface area contributed by atoms with Gasteiger partial charge in [-0.15, -0.1) is 0 Å². The van der Waals surface area contributed by atoms with Crippen molar-refractivity contribution in [2.75, 3.05) is 11.9 Å². The molecule has 0 fully saturated rings. The molecular weight excluding hydrogens is 246 g/mol. The van der Waals surface area contributed by atoms with Crippen molar-refractivity contribution >= 4 is 17.3 Å². The minimum Gasteiger partial charge on any atom is -0.469 e. The van der Waals surface area contributed by atoms with Gasteiger partial charge < -0.3 is 9.64 Å². The van der Waals surface area contributed by atoms with Crippen LogP contribution in [-0.4, -0.2) is 13.3 Å². The molecule has 0 aliphatic carbocycles. The van der Waals surface area contributed by atoms with E-state index in [4.69, 9.17) is 16.3 Å². The van der Waals surface area contributed by atoms with Gasteiger partial charge in [-0.05, 0) is 31.2 Å². The molecule has 0 bridgehead atoms. The Morgan fingerprint density at radius 1 is 1.00 bits per heavy atom. The summed E-state index contributed by atoms with van der Waals surface area (Å²) < 4.78 is 5.86. The number of halogens is 1. The lowest BCUT2D eigenvalue weighted by atomic mass is 10.3. The van der Waals surface area contributed by atoms with Crippen molar-refractivity contribution in [2.24, 2.45) is 0 Å². The Balaban J connectivity index is 2.09. The molecule has 0 aromatic heterocycles. The Kier molecular flexibility index (Phi) is 4.11. The van der Waals surface area contributed by atoms with Gasteiger partial charge in [0.1, 0.15) is 5.75 Å². The fraction of sp³-hybridized carbons (Fsp3) is 0.200. The van der Waals surface area contributed by atoms with Crippen molar-refractivity contribution in [3.8, 4) is 5.75 Å². The lowest BCUT2D eigenvalue weighted by Gasteiger charge is -2.27. The first kappa shape index (κ1) is 12.8. The standard InChI is InChI=1S/C15H16ClNO/c1-12(17(2)13-8-4-3-5-9-13)18-15-11-7-6-10-14(15)16/h3-12H,1-2H3. The van der Waals surface area contributed by atoms with E-state index in [1.165, 1.54) is 0 Å². The predicted molar refractivity (Wildman–Crippen MR) is 76.4 cm³/mol. The maximum atomic E-state index is 6.08. The summed E-state index contributed by atoms with van der Waals surface area (Å²) in [4.78, 5) is 2.06. The van der Waals surface area contributed by atoms with E-state index in [0.29, 0.717) is 10.8 Å². The average molecular weight is 262 g/mol. The molecule has 0 saturated heterocycles. The predicted octanol–water partition coefficient (Wildman–Crippen LogP) is 4.20. The topological polar surface area (TPSA) is 12.5 Å². The van der Waals surface area contributed by atoms with Crippen LogP contribution in [0.4, 0.5) is 5.69 Å². The highest BCUT2D eigenvalue weighted by Gasteiger charge is 2.12. The second-order valence-electron chi connectivity index (χ2n) is 4.09. The summed E-state index contributed by atoms with van der Waals surface area (Å²) in [7, 11) is 2.00. The van der Waals surface area contributed by atoms with Gasteiger partial charge in [0.15, 0.2) is 6.23 Å². The molecule has 2 rings (SSSR count). The van der Waals surface area contributed by atoms with Crippen molar-refractivity contribution in [2.45, 2.75) is 13.2 Å². The first-order valence-electron chi connectivity index (χ1n) is 5.87. The third-order valence-corrected chi connectivity index (χ3v) is 3.16. The molecule has 0 N–H and O–H groups in total. The zero-order chi connectivity index (χ0) is 13.0. The molecule has 0 spiro atoms. The highest BCUT2D eigenvalue weighted by atomic mass is 35.5. The summed E-state index contributed by atoms with van der Waals surface area (Å²) in [6.45, 7) is 2.00.